The van der Waals surface area contributed by atoms with E-state index >= 15 is 0 Å². The number of aliphatic carboxylic acids is 3. The fourth-order valence-corrected chi connectivity index (χ4v) is 3.14. The summed E-state index contributed by atoms with van der Waals surface area (Å²) in [6.07, 6.45) is -0.351. The van der Waals surface area contributed by atoms with Gasteiger partial charge >= 0.3 is 17.9 Å². The first-order valence-electron chi connectivity index (χ1n) is 10.4. The summed E-state index contributed by atoms with van der Waals surface area (Å²) in [6.45, 7) is 0. The molecule has 4 unspecified atom stereocenters. The molecule has 4 amide bonds. The predicted octanol–water partition coefficient (Wildman–Crippen LogP) is -2.79. The number of thioether (sulfide) groups is 1. The number of carboxylic acid groups (broad SMARTS) is 3. The SMILES string of the molecule is CSCCC(NC(=O)C(CCC(=O)O)NC(=O)C(N)CCC(N)=O)C(=O)NC(CC(=O)O)C(=O)O. The number of carbonyl (C=O) groups is 7. The van der Waals surface area contributed by atoms with E-state index < -0.39 is 78.5 Å². The molecule has 0 aliphatic heterocycles. The normalized spacial score (nSPS) is 14.0. The summed E-state index contributed by atoms with van der Waals surface area (Å²) in [5.74, 6) is -7.42. The van der Waals surface area contributed by atoms with Gasteiger partial charge in [-0.2, -0.15) is 11.8 Å². The maximum atomic E-state index is 12.8. The molecule has 4 atom stereocenters. The number of carbonyl (C=O) groups excluding carboxylic acids is 4. The molecule has 0 aromatic carbocycles. The van der Waals surface area contributed by atoms with Gasteiger partial charge in [0.2, 0.25) is 23.6 Å². The van der Waals surface area contributed by atoms with Crippen LogP contribution >= 0.6 is 11.8 Å². The molecule has 0 spiro atoms. The van der Waals surface area contributed by atoms with E-state index in [4.69, 9.17) is 26.8 Å². The van der Waals surface area contributed by atoms with Crippen LogP contribution in [0.3, 0.4) is 0 Å². The van der Waals surface area contributed by atoms with Crippen LogP contribution in [-0.2, 0) is 33.6 Å². The van der Waals surface area contributed by atoms with Crippen molar-refractivity contribution in [3.05, 3.63) is 0 Å². The number of nitrogens with two attached hydrogens (primary N) is 2. The molecule has 15 nitrogen and oxygen atoms in total. The van der Waals surface area contributed by atoms with Crippen LogP contribution in [-0.4, -0.2) is 93.0 Å². The van der Waals surface area contributed by atoms with Crippen LogP contribution in [0.4, 0.5) is 0 Å². The fourth-order valence-electron chi connectivity index (χ4n) is 2.67. The highest BCUT2D eigenvalue weighted by atomic mass is 32.2. The fraction of sp³-hybridized carbons (Fsp3) is 0.632. The number of rotatable bonds is 18. The minimum absolute atomic E-state index is 0.0237. The third-order valence-corrected chi connectivity index (χ3v) is 5.20. The lowest BCUT2D eigenvalue weighted by Gasteiger charge is -2.24. The quantitative estimate of drug-likeness (QED) is 0.0909. The summed E-state index contributed by atoms with van der Waals surface area (Å²) in [5, 5.41) is 33.6. The molecule has 0 aliphatic rings. The Hall–Kier alpha value is -3.40. The molecule has 0 radical (unpaired) electrons. The van der Waals surface area contributed by atoms with Gasteiger partial charge in [-0.1, -0.05) is 0 Å². The van der Waals surface area contributed by atoms with Gasteiger partial charge in [-0.25, -0.2) is 4.79 Å². The topological polar surface area (TPSA) is 268 Å². The highest BCUT2D eigenvalue weighted by Crippen LogP contribution is 2.06. The van der Waals surface area contributed by atoms with Crippen molar-refractivity contribution in [1.29, 1.82) is 0 Å². The van der Waals surface area contributed by atoms with Gasteiger partial charge in [0.25, 0.3) is 0 Å². The molecular weight excluding hydrogens is 490 g/mol. The molecule has 0 aromatic heterocycles. The first kappa shape index (κ1) is 31.6. The van der Waals surface area contributed by atoms with Crippen molar-refractivity contribution in [3.63, 3.8) is 0 Å². The molecule has 0 saturated heterocycles. The minimum Gasteiger partial charge on any atom is -0.481 e. The standard InChI is InChI=1S/C19H31N5O10S/c1-35-7-6-11(18(32)24-12(19(33)34)8-15(28)29)23-17(31)10(3-5-14(26)27)22-16(30)9(20)2-4-13(21)25/h9-12H,2-8,20H2,1H3,(H2,21,25)(H,22,30)(H,23,31)(H,24,32)(H,26,27)(H,28,29)(H,33,34). The average Bonchev–Trinajstić information content (AvgIpc) is 2.76. The number of primary amides is 1. The Balaban J connectivity index is 5.53. The average molecular weight is 522 g/mol. The van der Waals surface area contributed by atoms with Crippen LogP contribution in [0.2, 0.25) is 0 Å². The summed E-state index contributed by atoms with van der Waals surface area (Å²) < 4.78 is 0. The van der Waals surface area contributed by atoms with Crippen molar-refractivity contribution >= 4 is 53.3 Å². The van der Waals surface area contributed by atoms with Crippen LogP contribution < -0.4 is 27.4 Å². The van der Waals surface area contributed by atoms with E-state index in [0.717, 1.165) is 0 Å². The summed E-state index contributed by atoms with van der Waals surface area (Å²) in [5.41, 5.74) is 10.7. The molecule has 0 fully saturated rings. The van der Waals surface area contributed by atoms with Crippen molar-refractivity contribution in [2.24, 2.45) is 11.5 Å². The lowest BCUT2D eigenvalue weighted by atomic mass is 10.1. The molecule has 0 heterocycles. The maximum absolute atomic E-state index is 12.8. The zero-order valence-electron chi connectivity index (χ0n) is 19.0. The number of carboxylic acids is 3. The molecule has 0 aliphatic carbocycles. The van der Waals surface area contributed by atoms with Crippen molar-refractivity contribution in [3.8, 4) is 0 Å². The first-order valence-corrected chi connectivity index (χ1v) is 11.8. The Labute approximate surface area is 204 Å². The first-order chi connectivity index (χ1) is 16.3. The highest BCUT2D eigenvalue weighted by Gasteiger charge is 2.31. The van der Waals surface area contributed by atoms with E-state index in [1.807, 2.05) is 5.32 Å². The summed E-state index contributed by atoms with van der Waals surface area (Å²) >= 11 is 1.31. The van der Waals surface area contributed by atoms with Crippen molar-refractivity contribution < 1.29 is 48.9 Å². The summed E-state index contributed by atoms with van der Waals surface area (Å²) in [7, 11) is 0. The second-order valence-corrected chi connectivity index (χ2v) is 8.43. The number of hydrogen-bond donors (Lipinski definition) is 8. The van der Waals surface area contributed by atoms with Crippen molar-refractivity contribution in [2.45, 2.75) is 62.7 Å². The van der Waals surface area contributed by atoms with Crippen molar-refractivity contribution in [2.75, 3.05) is 12.0 Å². The van der Waals surface area contributed by atoms with E-state index in [0.29, 0.717) is 5.75 Å². The zero-order valence-corrected chi connectivity index (χ0v) is 19.8. The molecule has 0 rings (SSSR count). The molecule has 0 aromatic rings. The summed E-state index contributed by atoms with van der Waals surface area (Å²) in [4.78, 5) is 81.7. The van der Waals surface area contributed by atoms with Gasteiger partial charge in [0.1, 0.15) is 18.1 Å². The smallest absolute Gasteiger partial charge is 0.326 e. The van der Waals surface area contributed by atoms with Gasteiger partial charge in [0, 0.05) is 12.8 Å². The molecule has 0 bridgehead atoms. The highest BCUT2D eigenvalue weighted by molar-refractivity contribution is 7.98. The Bertz CT molecular complexity index is 809. The van der Waals surface area contributed by atoms with Gasteiger partial charge in [-0.05, 0) is 31.3 Å². The largest absolute Gasteiger partial charge is 0.481 e. The van der Waals surface area contributed by atoms with Crippen LogP contribution in [0.25, 0.3) is 0 Å². The van der Waals surface area contributed by atoms with E-state index in [1.54, 1.807) is 6.26 Å². The van der Waals surface area contributed by atoms with Crippen LogP contribution in [0, 0.1) is 0 Å². The zero-order chi connectivity index (χ0) is 27.1. The van der Waals surface area contributed by atoms with Gasteiger partial charge in [-0.15, -0.1) is 0 Å². The molecule has 198 valence electrons. The van der Waals surface area contributed by atoms with Crippen LogP contribution in [0.15, 0.2) is 0 Å². The van der Waals surface area contributed by atoms with Crippen LogP contribution in [0.1, 0.15) is 38.5 Å². The van der Waals surface area contributed by atoms with E-state index in [1.165, 1.54) is 11.8 Å². The predicted molar refractivity (Wildman–Crippen MR) is 122 cm³/mol. The lowest BCUT2D eigenvalue weighted by Crippen LogP contribution is -2.57. The Morgan fingerprint density at radius 1 is 0.743 bits per heavy atom. The van der Waals surface area contributed by atoms with E-state index in [-0.39, 0.29) is 25.7 Å². The second kappa shape index (κ2) is 16.3. The number of hydrogen-bond acceptors (Lipinski definition) is 9. The van der Waals surface area contributed by atoms with Gasteiger partial charge in [-0.3, -0.25) is 28.8 Å². The molecule has 16 heteroatoms. The van der Waals surface area contributed by atoms with Gasteiger partial charge in [0.05, 0.1) is 12.5 Å². The molecule has 10 N–H and O–H groups in total. The second-order valence-electron chi connectivity index (χ2n) is 7.44. The summed E-state index contributed by atoms with van der Waals surface area (Å²) in [6, 6.07) is -5.69. The third-order valence-electron chi connectivity index (χ3n) is 4.56. The molecular formula is C19H31N5O10S. The van der Waals surface area contributed by atoms with Gasteiger partial charge < -0.3 is 42.7 Å². The van der Waals surface area contributed by atoms with Crippen molar-refractivity contribution in [1.82, 2.24) is 16.0 Å². The van der Waals surface area contributed by atoms with Gasteiger partial charge in [0.15, 0.2) is 0 Å². The third kappa shape index (κ3) is 13.8. The monoisotopic (exact) mass is 521 g/mol. The Morgan fingerprint density at radius 3 is 1.71 bits per heavy atom. The number of amides is 4. The number of nitrogens with one attached hydrogen (secondary N) is 3. The Kier molecular flexibility index (Phi) is 14.7. The molecule has 0 saturated carbocycles. The van der Waals surface area contributed by atoms with E-state index in [2.05, 4.69) is 10.6 Å². The van der Waals surface area contributed by atoms with E-state index in [9.17, 15) is 33.6 Å². The Morgan fingerprint density at radius 2 is 1.26 bits per heavy atom. The lowest BCUT2D eigenvalue weighted by molar-refractivity contribution is -0.147. The molecule has 35 heavy (non-hydrogen) atoms. The minimum atomic E-state index is -1.75. The van der Waals surface area contributed by atoms with Crippen LogP contribution in [0.5, 0.6) is 0 Å². The maximum Gasteiger partial charge on any atom is 0.326 e.